The topological polar surface area (TPSA) is 156 Å². The number of hydrogen-bond acceptors (Lipinski definition) is 2. The lowest BCUT2D eigenvalue weighted by molar-refractivity contribution is 0.272. The van der Waals surface area contributed by atoms with E-state index in [9.17, 15) is 0 Å². The summed E-state index contributed by atoms with van der Waals surface area (Å²) < 4.78 is 17.8. The fourth-order valence-electron chi connectivity index (χ4n) is 0. The van der Waals surface area contributed by atoms with Gasteiger partial charge >= 0.3 is 15.6 Å². The van der Waals surface area contributed by atoms with Gasteiger partial charge in [-0.15, -0.1) is 6.58 Å². The summed E-state index contributed by atoms with van der Waals surface area (Å²) in [4.78, 5) is 43.1. The summed E-state index contributed by atoms with van der Waals surface area (Å²) in [6.07, 6.45) is 2.96. The molecule has 0 saturated heterocycles. The van der Waals surface area contributed by atoms with Crippen LogP contribution in [0.1, 0.15) is 20.8 Å². The Bertz CT molecular complexity index is 179. The van der Waals surface area contributed by atoms with Crippen LogP contribution in [0.5, 0.6) is 0 Å². The van der Waals surface area contributed by atoms with Crippen molar-refractivity contribution in [2.75, 3.05) is 0 Å². The summed E-state index contributed by atoms with van der Waals surface area (Å²) in [6, 6.07) is 0. The van der Waals surface area contributed by atoms with Crippen LogP contribution in [0.3, 0.4) is 0 Å². The zero-order valence-electron chi connectivity index (χ0n) is 7.39. The Morgan fingerprint density at radius 2 is 1.07 bits per heavy atom. The van der Waals surface area contributed by atoms with Gasteiger partial charge < -0.3 is 29.4 Å². The molecule has 0 aromatic rings. The molecular weight excluding hydrogens is 250 g/mol. The normalized spacial score (nSPS) is 9.53. The minimum Gasteiger partial charge on any atom is -0.303 e. The third-order valence-electron chi connectivity index (χ3n) is 0.289. The van der Waals surface area contributed by atoms with Gasteiger partial charge in [0.05, 0.1) is 0 Å². The molecule has 0 amide bonds. The maximum Gasteiger partial charge on any atom is 0.466 e. The van der Waals surface area contributed by atoms with Crippen LogP contribution in [-0.4, -0.2) is 29.4 Å². The molecule has 0 fully saturated rings. The molecule has 10 heteroatoms. The van der Waals surface area contributed by atoms with E-state index in [0.29, 0.717) is 0 Å². The predicted molar refractivity (Wildman–Crippen MR) is 55.7 cm³/mol. The quantitative estimate of drug-likeness (QED) is 0.294. The molecule has 0 aliphatic rings. The molecule has 0 aromatic carbocycles. The molecule has 0 aliphatic heterocycles. The highest BCUT2D eigenvalue weighted by Crippen LogP contribution is 2.26. The molecule has 15 heavy (non-hydrogen) atoms. The molecule has 96 valence electrons. The first-order valence-corrected chi connectivity index (χ1v) is 6.22. The smallest absolute Gasteiger partial charge is 0.303 e. The summed E-state index contributed by atoms with van der Waals surface area (Å²) in [5.74, 6) is 0. The van der Waals surface area contributed by atoms with E-state index in [-0.39, 0.29) is 7.43 Å². The molecule has 0 atom stereocenters. The van der Waals surface area contributed by atoms with E-state index in [1.165, 1.54) is 0 Å². The summed E-state index contributed by atoms with van der Waals surface area (Å²) in [5, 5.41) is 0. The van der Waals surface area contributed by atoms with Crippen LogP contribution in [-0.2, 0) is 9.13 Å². The van der Waals surface area contributed by atoms with Gasteiger partial charge in [0.1, 0.15) is 0 Å². The highest BCUT2D eigenvalue weighted by Gasteiger charge is 2.00. The molecule has 0 spiro atoms. The summed E-state index contributed by atoms with van der Waals surface area (Å²) in [6.45, 7) is 5.54. The molecule has 0 heterocycles. The first-order valence-electron chi connectivity index (χ1n) is 3.09. The van der Waals surface area contributed by atoms with Crippen LogP contribution in [0.25, 0.3) is 0 Å². The molecular formula is C5H18O8P2. The van der Waals surface area contributed by atoms with Crippen molar-refractivity contribution in [1.29, 1.82) is 0 Å². The number of rotatable bonds is 1. The van der Waals surface area contributed by atoms with Crippen LogP contribution in [0.15, 0.2) is 12.7 Å². The van der Waals surface area contributed by atoms with Crippen molar-refractivity contribution >= 4 is 15.6 Å². The molecule has 0 aliphatic carbocycles. The van der Waals surface area contributed by atoms with Crippen LogP contribution < -0.4 is 0 Å². The predicted octanol–water partition coefficient (Wildman–Crippen LogP) is 0.361. The van der Waals surface area contributed by atoms with E-state index < -0.39 is 15.6 Å². The van der Waals surface area contributed by atoms with Crippen molar-refractivity contribution in [3.63, 3.8) is 0 Å². The van der Waals surface area contributed by atoms with Crippen LogP contribution >= 0.6 is 15.6 Å². The minimum absolute atomic E-state index is 0. The average Bonchev–Trinajstić information content (AvgIpc) is 1.79. The Morgan fingerprint density at radius 3 is 1.07 bits per heavy atom. The molecule has 6 N–H and O–H groups in total. The van der Waals surface area contributed by atoms with Gasteiger partial charge in [0.15, 0.2) is 0 Å². The zero-order chi connectivity index (χ0) is 12.4. The first kappa shape index (κ1) is 24.3. The molecule has 0 radical (unpaired) electrons. The number of hydrogen-bond donors (Lipinski definition) is 6. The van der Waals surface area contributed by atoms with Gasteiger partial charge in [-0.25, -0.2) is 9.13 Å². The molecule has 0 saturated carbocycles. The third-order valence-corrected chi connectivity index (χ3v) is 0.289. The van der Waals surface area contributed by atoms with Crippen molar-refractivity contribution in [1.82, 2.24) is 0 Å². The maximum absolute atomic E-state index is 8.88. The monoisotopic (exact) mass is 268 g/mol. The van der Waals surface area contributed by atoms with E-state index in [0.717, 1.165) is 6.42 Å². The highest BCUT2D eigenvalue weighted by molar-refractivity contribution is 7.45. The second kappa shape index (κ2) is 12.0. The lowest BCUT2D eigenvalue weighted by atomic mass is 10.5. The zero-order valence-corrected chi connectivity index (χ0v) is 9.17. The Kier molecular flexibility index (Phi) is 19.5. The lowest BCUT2D eigenvalue weighted by Gasteiger charge is -1.82. The van der Waals surface area contributed by atoms with Crippen molar-refractivity contribution in [2.24, 2.45) is 0 Å². The van der Waals surface area contributed by atoms with Gasteiger partial charge in [0, 0.05) is 0 Å². The Labute approximate surface area is 88.4 Å². The fraction of sp³-hybridized carbons (Fsp3) is 0.600. The summed E-state index contributed by atoms with van der Waals surface area (Å²) in [7, 11) is -9.28. The largest absolute Gasteiger partial charge is 0.466 e. The standard InChI is InChI=1S/C4H8.CH4.2H3O4P/c1-3-4-2;;2*1-5(2,3)4/h3H,1,4H2,2H3;1H4;2*(H3,1,2,3,4). The molecule has 0 rings (SSSR count). The van der Waals surface area contributed by atoms with E-state index >= 15 is 0 Å². The van der Waals surface area contributed by atoms with Crippen molar-refractivity contribution < 1.29 is 38.5 Å². The summed E-state index contributed by atoms with van der Waals surface area (Å²) >= 11 is 0. The van der Waals surface area contributed by atoms with Gasteiger partial charge in [-0.3, -0.25) is 0 Å². The van der Waals surface area contributed by atoms with Crippen molar-refractivity contribution in [3.05, 3.63) is 12.7 Å². The number of phosphoric acid groups is 2. The molecule has 0 aromatic heterocycles. The first-order chi connectivity index (χ1) is 5.91. The van der Waals surface area contributed by atoms with Crippen LogP contribution in [0.4, 0.5) is 0 Å². The van der Waals surface area contributed by atoms with Gasteiger partial charge in [0.25, 0.3) is 0 Å². The van der Waals surface area contributed by atoms with Gasteiger partial charge in [0.2, 0.25) is 0 Å². The number of allylic oxidation sites excluding steroid dienone is 1. The van der Waals surface area contributed by atoms with E-state index in [1.54, 1.807) is 0 Å². The van der Waals surface area contributed by atoms with E-state index in [4.69, 9.17) is 38.5 Å². The summed E-state index contributed by atoms with van der Waals surface area (Å²) in [5.41, 5.74) is 0. The Balaban J connectivity index is -0.0000000590. The van der Waals surface area contributed by atoms with Crippen LogP contribution in [0, 0.1) is 0 Å². The van der Waals surface area contributed by atoms with Crippen molar-refractivity contribution in [3.8, 4) is 0 Å². The molecule has 0 bridgehead atoms. The Hall–Kier alpha value is -0.0400. The lowest BCUT2D eigenvalue weighted by Crippen LogP contribution is -1.66. The second-order valence-electron chi connectivity index (χ2n) is 1.72. The van der Waals surface area contributed by atoms with E-state index in [1.807, 2.05) is 6.08 Å². The highest BCUT2D eigenvalue weighted by atomic mass is 31.2. The van der Waals surface area contributed by atoms with Gasteiger partial charge in [-0.05, 0) is 6.42 Å². The fourth-order valence-corrected chi connectivity index (χ4v) is 0. The Morgan fingerprint density at radius 1 is 1.00 bits per heavy atom. The molecule has 0 unspecified atom stereocenters. The SMILES string of the molecule is C.C=CCC.O=P(O)(O)O.O=P(O)(O)O. The van der Waals surface area contributed by atoms with Crippen molar-refractivity contribution in [2.45, 2.75) is 20.8 Å². The van der Waals surface area contributed by atoms with Crippen LogP contribution in [0.2, 0.25) is 0 Å². The maximum atomic E-state index is 8.88. The average molecular weight is 268 g/mol. The molecule has 8 nitrogen and oxygen atoms in total. The van der Waals surface area contributed by atoms with E-state index in [2.05, 4.69) is 13.5 Å². The minimum atomic E-state index is -4.64. The third kappa shape index (κ3) is 2170. The van der Waals surface area contributed by atoms with Gasteiger partial charge in [-0.2, -0.15) is 0 Å². The second-order valence-corrected chi connectivity index (χ2v) is 3.78. The van der Waals surface area contributed by atoms with Gasteiger partial charge in [-0.1, -0.05) is 20.4 Å².